The molecule has 0 unspecified atom stereocenters. The van der Waals surface area contributed by atoms with E-state index in [4.69, 9.17) is 10.5 Å². The molecule has 6 nitrogen and oxygen atoms in total. The lowest BCUT2D eigenvalue weighted by Gasteiger charge is -2.13. The summed E-state index contributed by atoms with van der Waals surface area (Å²) in [6, 6.07) is 3.27. The van der Waals surface area contributed by atoms with Crippen LogP contribution >= 0.6 is 12.4 Å². The number of ether oxygens (including phenoxy) is 1. The topological polar surface area (TPSA) is 88.7 Å². The first kappa shape index (κ1) is 17.1. The fourth-order valence-electron chi connectivity index (χ4n) is 1.56. The van der Waals surface area contributed by atoms with Gasteiger partial charge in [-0.25, -0.2) is 4.79 Å². The molecule has 0 spiro atoms. The largest absolute Gasteiger partial charge is 0.497 e. The lowest BCUT2D eigenvalue weighted by molar-refractivity contribution is 0.256. The SMILES string of the molecule is CN=C(N)NC(=O)Nc1c(C)cc(OC)cc1C.Cl. The Bertz CT molecular complexity index is 466. The zero-order valence-electron chi connectivity index (χ0n) is 11.4. The molecule has 0 aromatic heterocycles. The van der Waals surface area contributed by atoms with E-state index in [0.717, 1.165) is 22.6 Å². The number of benzene rings is 1. The minimum absolute atomic E-state index is 0. The van der Waals surface area contributed by atoms with Gasteiger partial charge in [-0.2, -0.15) is 0 Å². The minimum atomic E-state index is -0.422. The number of amides is 2. The standard InChI is InChI=1S/C12H18N4O2.ClH/c1-7-5-9(18-4)6-8(2)10(7)15-12(17)16-11(13)14-3;/h5-6H,1-4H3,(H4,13,14,15,16,17);1H. The molecule has 0 fully saturated rings. The molecule has 7 heteroatoms. The van der Waals surface area contributed by atoms with Crippen LogP contribution < -0.4 is 21.1 Å². The van der Waals surface area contributed by atoms with Crippen molar-refractivity contribution in [2.75, 3.05) is 19.5 Å². The number of nitrogens with zero attached hydrogens (tertiary/aromatic N) is 1. The Morgan fingerprint density at radius 3 is 2.26 bits per heavy atom. The van der Waals surface area contributed by atoms with Crippen molar-refractivity contribution in [2.45, 2.75) is 13.8 Å². The molecule has 1 rings (SSSR count). The van der Waals surface area contributed by atoms with Crippen molar-refractivity contribution in [1.29, 1.82) is 0 Å². The van der Waals surface area contributed by atoms with Crippen molar-refractivity contribution in [3.05, 3.63) is 23.3 Å². The van der Waals surface area contributed by atoms with Gasteiger partial charge in [0.2, 0.25) is 0 Å². The van der Waals surface area contributed by atoms with E-state index < -0.39 is 6.03 Å². The van der Waals surface area contributed by atoms with Crippen LogP contribution in [0.15, 0.2) is 17.1 Å². The van der Waals surface area contributed by atoms with Gasteiger partial charge in [-0.3, -0.25) is 10.3 Å². The minimum Gasteiger partial charge on any atom is -0.497 e. The van der Waals surface area contributed by atoms with Gasteiger partial charge in [-0.15, -0.1) is 12.4 Å². The number of carbonyl (C=O) groups excluding carboxylic acids is 1. The Labute approximate surface area is 118 Å². The van der Waals surface area contributed by atoms with Crippen molar-refractivity contribution in [2.24, 2.45) is 10.7 Å². The fourth-order valence-corrected chi connectivity index (χ4v) is 1.56. The number of hydrogen-bond acceptors (Lipinski definition) is 3. The number of nitrogens with one attached hydrogen (secondary N) is 2. The van der Waals surface area contributed by atoms with Gasteiger partial charge in [-0.05, 0) is 37.1 Å². The predicted molar refractivity (Wildman–Crippen MR) is 79.4 cm³/mol. The summed E-state index contributed by atoms with van der Waals surface area (Å²) >= 11 is 0. The number of aryl methyl sites for hydroxylation is 2. The van der Waals surface area contributed by atoms with Crippen LogP contribution in [0, 0.1) is 13.8 Å². The number of methoxy groups -OCH3 is 1. The first-order valence-corrected chi connectivity index (χ1v) is 5.43. The smallest absolute Gasteiger partial charge is 0.326 e. The second kappa shape index (κ2) is 7.48. The normalized spacial score (nSPS) is 10.4. The average molecular weight is 287 g/mol. The van der Waals surface area contributed by atoms with Crippen LogP contribution in [-0.2, 0) is 0 Å². The summed E-state index contributed by atoms with van der Waals surface area (Å²) in [6.45, 7) is 3.78. The Kier molecular flexibility index (Phi) is 6.71. The van der Waals surface area contributed by atoms with Crippen molar-refractivity contribution < 1.29 is 9.53 Å². The number of carbonyl (C=O) groups is 1. The molecule has 0 radical (unpaired) electrons. The second-order valence-electron chi connectivity index (χ2n) is 3.82. The van der Waals surface area contributed by atoms with Gasteiger partial charge < -0.3 is 15.8 Å². The van der Waals surface area contributed by atoms with Gasteiger partial charge in [0.25, 0.3) is 0 Å². The lowest BCUT2D eigenvalue weighted by atomic mass is 10.1. The van der Waals surface area contributed by atoms with E-state index >= 15 is 0 Å². The first-order chi connectivity index (χ1) is 8.47. The number of nitrogens with two attached hydrogens (primary N) is 1. The van der Waals surface area contributed by atoms with Crippen LogP contribution in [0.5, 0.6) is 5.75 Å². The molecule has 1 aromatic carbocycles. The van der Waals surface area contributed by atoms with E-state index in [9.17, 15) is 4.79 Å². The highest BCUT2D eigenvalue weighted by molar-refractivity contribution is 6.02. The van der Waals surface area contributed by atoms with Crippen molar-refractivity contribution in [1.82, 2.24) is 5.32 Å². The number of urea groups is 1. The van der Waals surface area contributed by atoms with Gasteiger partial charge in [0.05, 0.1) is 7.11 Å². The molecular weight excluding hydrogens is 268 g/mol. The van der Waals surface area contributed by atoms with Gasteiger partial charge in [0, 0.05) is 12.7 Å². The molecule has 0 aliphatic heterocycles. The van der Waals surface area contributed by atoms with E-state index in [1.165, 1.54) is 7.05 Å². The summed E-state index contributed by atoms with van der Waals surface area (Å²) < 4.78 is 5.15. The zero-order chi connectivity index (χ0) is 13.7. The van der Waals surface area contributed by atoms with Gasteiger partial charge >= 0.3 is 6.03 Å². The Morgan fingerprint density at radius 2 is 1.84 bits per heavy atom. The highest BCUT2D eigenvalue weighted by Crippen LogP contribution is 2.25. The molecule has 2 amide bonds. The number of hydrogen-bond donors (Lipinski definition) is 3. The van der Waals surface area contributed by atoms with E-state index in [1.54, 1.807) is 7.11 Å². The number of rotatable bonds is 2. The lowest BCUT2D eigenvalue weighted by Crippen LogP contribution is -2.39. The monoisotopic (exact) mass is 286 g/mol. The fraction of sp³-hybridized carbons (Fsp3) is 0.333. The van der Waals surface area contributed by atoms with Crippen LogP contribution in [0.3, 0.4) is 0 Å². The number of anilines is 1. The third-order valence-corrected chi connectivity index (χ3v) is 2.46. The number of halogens is 1. The second-order valence-corrected chi connectivity index (χ2v) is 3.82. The molecule has 0 aliphatic rings. The molecule has 0 atom stereocenters. The molecular formula is C12H19ClN4O2. The molecule has 19 heavy (non-hydrogen) atoms. The first-order valence-electron chi connectivity index (χ1n) is 5.43. The van der Waals surface area contributed by atoms with E-state index in [0.29, 0.717) is 0 Å². The average Bonchev–Trinajstić information content (AvgIpc) is 2.33. The Hall–Kier alpha value is -1.95. The molecule has 0 saturated heterocycles. The molecule has 0 aliphatic carbocycles. The van der Waals surface area contributed by atoms with Crippen LogP contribution in [0.2, 0.25) is 0 Å². The highest BCUT2D eigenvalue weighted by Gasteiger charge is 2.09. The van der Waals surface area contributed by atoms with Gasteiger partial charge in [0.15, 0.2) is 5.96 Å². The maximum atomic E-state index is 11.6. The van der Waals surface area contributed by atoms with E-state index in [2.05, 4.69) is 15.6 Å². The summed E-state index contributed by atoms with van der Waals surface area (Å²) in [4.78, 5) is 15.3. The van der Waals surface area contributed by atoms with E-state index in [1.807, 2.05) is 26.0 Å². The third-order valence-electron chi connectivity index (χ3n) is 2.46. The molecule has 4 N–H and O–H groups in total. The molecule has 0 bridgehead atoms. The number of guanidine groups is 1. The van der Waals surface area contributed by atoms with Crippen molar-refractivity contribution >= 4 is 30.1 Å². The van der Waals surface area contributed by atoms with Crippen LogP contribution in [0.1, 0.15) is 11.1 Å². The van der Waals surface area contributed by atoms with Gasteiger partial charge in [-0.1, -0.05) is 0 Å². The van der Waals surface area contributed by atoms with Crippen LogP contribution in [0.25, 0.3) is 0 Å². The summed E-state index contributed by atoms with van der Waals surface area (Å²) in [5.74, 6) is 0.821. The maximum Gasteiger partial charge on any atom is 0.326 e. The van der Waals surface area contributed by atoms with Crippen molar-refractivity contribution in [3.63, 3.8) is 0 Å². The molecule has 0 heterocycles. The van der Waals surface area contributed by atoms with Crippen LogP contribution in [-0.4, -0.2) is 26.1 Å². The zero-order valence-corrected chi connectivity index (χ0v) is 12.2. The maximum absolute atomic E-state index is 11.6. The Morgan fingerprint density at radius 1 is 1.32 bits per heavy atom. The molecule has 1 aromatic rings. The highest BCUT2D eigenvalue weighted by atomic mass is 35.5. The Balaban J connectivity index is 0.00000324. The molecule has 0 saturated carbocycles. The summed E-state index contributed by atoms with van der Waals surface area (Å²) in [5, 5.41) is 5.14. The van der Waals surface area contributed by atoms with Crippen LogP contribution in [0.4, 0.5) is 10.5 Å². The van der Waals surface area contributed by atoms with Gasteiger partial charge in [0.1, 0.15) is 5.75 Å². The predicted octanol–water partition coefficient (Wildman–Crippen LogP) is 1.80. The number of aliphatic imine (C=N–C) groups is 1. The summed E-state index contributed by atoms with van der Waals surface area (Å²) in [6.07, 6.45) is 0. The van der Waals surface area contributed by atoms with Crippen molar-refractivity contribution in [3.8, 4) is 5.75 Å². The molecule has 106 valence electrons. The summed E-state index contributed by atoms with van der Waals surface area (Å²) in [5.41, 5.74) is 7.96. The third kappa shape index (κ3) is 4.67. The summed E-state index contributed by atoms with van der Waals surface area (Å²) in [7, 11) is 3.10. The van der Waals surface area contributed by atoms with E-state index in [-0.39, 0.29) is 18.4 Å². The quantitative estimate of drug-likeness (QED) is 0.572.